The van der Waals surface area contributed by atoms with Gasteiger partial charge >= 0.3 is 0 Å². The molecule has 1 aromatic rings. The van der Waals surface area contributed by atoms with Crippen molar-refractivity contribution in [1.82, 2.24) is 0 Å². The molecule has 96 valence electrons. The maximum absolute atomic E-state index is 11.4. The summed E-state index contributed by atoms with van der Waals surface area (Å²) < 4.78 is 29.5. The fraction of sp³-hybridized carbons (Fsp3) is 0.455. The van der Waals surface area contributed by atoms with E-state index in [4.69, 9.17) is 10.5 Å². The van der Waals surface area contributed by atoms with Gasteiger partial charge in [0.05, 0.1) is 23.7 Å². The molecular formula is C11H18N2O3S. The van der Waals surface area contributed by atoms with E-state index in [2.05, 4.69) is 0 Å². The van der Waals surface area contributed by atoms with Gasteiger partial charge in [0.1, 0.15) is 5.75 Å². The Labute approximate surface area is 102 Å². The molecule has 1 rings (SSSR count). The van der Waals surface area contributed by atoms with Crippen molar-refractivity contribution in [3.8, 4) is 5.75 Å². The van der Waals surface area contributed by atoms with Crippen LogP contribution in [0.4, 0.5) is 11.4 Å². The van der Waals surface area contributed by atoms with Crippen molar-refractivity contribution < 1.29 is 13.2 Å². The molecule has 0 radical (unpaired) electrons. The van der Waals surface area contributed by atoms with Gasteiger partial charge in [-0.05, 0) is 26.0 Å². The largest absolute Gasteiger partial charge is 0.491 e. The van der Waals surface area contributed by atoms with Crippen LogP contribution >= 0.6 is 0 Å². The highest BCUT2D eigenvalue weighted by Crippen LogP contribution is 2.29. The van der Waals surface area contributed by atoms with Crippen molar-refractivity contribution in [3.05, 3.63) is 18.2 Å². The predicted octanol–water partition coefficient (Wildman–Crippen LogP) is 1.45. The summed E-state index contributed by atoms with van der Waals surface area (Å²) in [4.78, 5) is 0. The van der Waals surface area contributed by atoms with Gasteiger partial charge in [0.2, 0.25) is 10.0 Å². The highest BCUT2D eigenvalue weighted by molar-refractivity contribution is 7.92. The molecule has 1 aromatic carbocycles. The van der Waals surface area contributed by atoms with Gasteiger partial charge in [-0.1, -0.05) is 0 Å². The van der Waals surface area contributed by atoms with Gasteiger partial charge in [-0.15, -0.1) is 0 Å². The third-order valence-electron chi connectivity index (χ3n) is 2.21. The van der Waals surface area contributed by atoms with Crippen molar-refractivity contribution >= 4 is 21.4 Å². The van der Waals surface area contributed by atoms with Crippen LogP contribution in [0, 0.1) is 0 Å². The number of nitrogens with two attached hydrogens (primary N) is 1. The molecule has 0 fully saturated rings. The molecule has 5 nitrogen and oxygen atoms in total. The van der Waals surface area contributed by atoms with Gasteiger partial charge in [0.15, 0.2) is 0 Å². The Morgan fingerprint density at radius 2 is 1.94 bits per heavy atom. The van der Waals surface area contributed by atoms with Crippen LogP contribution in [0.3, 0.4) is 0 Å². The molecule has 0 aliphatic carbocycles. The van der Waals surface area contributed by atoms with E-state index in [0.29, 0.717) is 17.1 Å². The molecule has 2 N–H and O–H groups in total. The zero-order chi connectivity index (χ0) is 13.2. The first-order valence-electron chi connectivity index (χ1n) is 5.22. The summed E-state index contributed by atoms with van der Waals surface area (Å²) in [5.41, 5.74) is 6.58. The number of hydrogen-bond acceptors (Lipinski definition) is 4. The lowest BCUT2D eigenvalue weighted by Crippen LogP contribution is -2.25. The second kappa shape index (κ2) is 4.83. The Balaban J connectivity index is 3.15. The zero-order valence-corrected chi connectivity index (χ0v) is 11.3. The topological polar surface area (TPSA) is 72.6 Å². The molecule has 0 unspecified atom stereocenters. The summed E-state index contributed by atoms with van der Waals surface area (Å²) in [6.07, 6.45) is 1.15. The van der Waals surface area contributed by atoms with Crippen LogP contribution in [0.15, 0.2) is 18.2 Å². The van der Waals surface area contributed by atoms with Gasteiger partial charge in [0, 0.05) is 13.1 Å². The molecule has 17 heavy (non-hydrogen) atoms. The third-order valence-corrected chi connectivity index (χ3v) is 3.40. The van der Waals surface area contributed by atoms with E-state index in [0.717, 1.165) is 10.6 Å². The number of nitrogen functional groups attached to an aromatic ring is 1. The number of benzene rings is 1. The lowest BCUT2D eigenvalue weighted by Gasteiger charge is -2.20. The number of nitrogens with zero attached hydrogens (tertiary/aromatic N) is 1. The standard InChI is InChI=1S/C11H18N2O3S/c1-8(2)16-9-5-6-10(12)11(7-9)13(3)17(4,14)15/h5-8H,12H2,1-4H3. The molecule has 0 saturated heterocycles. The molecule has 0 saturated carbocycles. The SMILES string of the molecule is CC(C)Oc1ccc(N)c(N(C)S(C)(=O)=O)c1. The summed E-state index contributed by atoms with van der Waals surface area (Å²) in [7, 11) is -1.87. The molecule has 0 aliphatic heterocycles. The summed E-state index contributed by atoms with van der Waals surface area (Å²) in [5, 5.41) is 0. The molecule has 6 heteroatoms. The summed E-state index contributed by atoms with van der Waals surface area (Å²) in [6, 6.07) is 4.97. The van der Waals surface area contributed by atoms with Crippen LogP contribution in [0.1, 0.15) is 13.8 Å². The van der Waals surface area contributed by atoms with E-state index in [-0.39, 0.29) is 6.10 Å². The minimum absolute atomic E-state index is 0.0232. The smallest absolute Gasteiger partial charge is 0.232 e. The van der Waals surface area contributed by atoms with E-state index in [9.17, 15) is 8.42 Å². The number of ether oxygens (including phenoxy) is 1. The van der Waals surface area contributed by atoms with Crippen molar-refractivity contribution in [3.63, 3.8) is 0 Å². The van der Waals surface area contributed by atoms with E-state index >= 15 is 0 Å². The van der Waals surface area contributed by atoms with E-state index in [1.807, 2.05) is 13.8 Å². The molecule has 0 amide bonds. The maximum Gasteiger partial charge on any atom is 0.232 e. The molecule has 0 bridgehead atoms. The number of anilines is 2. The Hall–Kier alpha value is -1.43. The number of rotatable bonds is 4. The molecule has 0 aromatic heterocycles. The van der Waals surface area contributed by atoms with Crippen LogP contribution in [0.5, 0.6) is 5.75 Å². The van der Waals surface area contributed by atoms with E-state index in [1.54, 1.807) is 18.2 Å². The van der Waals surface area contributed by atoms with Crippen LogP contribution in [0.25, 0.3) is 0 Å². The van der Waals surface area contributed by atoms with Gasteiger partial charge in [0.25, 0.3) is 0 Å². The van der Waals surface area contributed by atoms with Crippen molar-refractivity contribution in [2.75, 3.05) is 23.3 Å². The second-order valence-electron chi connectivity index (χ2n) is 4.12. The summed E-state index contributed by atoms with van der Waals surface area (Å²) in [6.45, 7) is 3.80. The van der Waals surface area contributed by atoms with Gasteiger partial charge in [-0.2, -0.15) is 0 Å². The maximum atomic E-state index is 11.4. The Morgan fingerprint density at radius 3 is 2.41 bits per heavy atom. The lowest BCUT2D eigenvalue weighted by atomic mass is 10.2. The molecule has 0 aliphatic rings. The van der Waals surface area contributed by atoms with E-state index < -0.39 is 10.0 Å². The molecule has 0 spiro atoms. The Kier molecular flexibility index (Phi) is 3.87. The highest BCUT2D eigenvalue weighted by Gasteiger charge is 2.15. The summed E-state index contributed by atoms with van der Waals surface area (Å²) >= 11 is 0. The van der Waals surface area contributed by atoms with Crippen molar-refractivity contribution in [1.29, 1.82) is 0 Å². The van der Waals surface area contributed by atoms with Crippen LogP contribution in [-0.2, 0) is 10.0 Å². The van der Waals surface area contributed by atoms with Gasteiger partial charge < -0.3 is 10.5 Å². The van der Waals surface area contributed by atoms with Crippen LogP contribution in [0.2, 0.25) is 0 Å². The highest BCUT2D eigenvalue weighted by atomic mass is 32.2. The first-order valence-corrected chi connectivity index (χ1v) is 7.06. The normalized spacial score (nSPS) is 11.6. The average Bonchev–Trinajstić information content (AvgIpc) is 2.18. The van der Waals surface area contributed by atoms with Crippen molar-refractivity contribution in [2.45, 2.75) is 20.0 Å². The quantitative estimate of drug-likeness (QED) is 0.830. The lowest BCUT2D eigenvalue weighted by molar-refractivity contribution is 0.242. The zero-order valence-electron chi connectivity index (χ0n) is 10.5. The Morgan fingerprint density at radius 1 is 1.35 bits per heavy atom. The predicted molar refractivity (Wildman–Crippen MR) is 69.9 cm³/mol. The monoisotopic (exact) mass is 258 g/mol. The van der Waals surface area contributed by atoms with Crippen LogP contribution in [-0.4, -0.2) is 27.8 Å². The minimum Gasteiger partial charge on any atom is -0.491 e. The molecule has 0 atom stereocenters. The fourth-order valence-electron chi connectivity index (χ4n) is 1.32. The van der Waals surface area contributed by atoms with E-state index in [1.165, 1.54) is 7.05 Å². The second-order valence-corrected chi connectivity index (χ2v) is 6.13. The first kappa shape index (κ1) is 13.6. The van der Waals surface area contributed by atoms with Crippen LogP contribution < -0.4 is 14.8 Å². The Bertz CT molecular complexity index is 497. The number of hydrogen-bond donors (Lipinski definition) is 1. The van der Waals surface area contributed by atoms with Gasteiger partial charge in [-0.3, -0.25) is 4.31 Å². The van der Waals surface area contributed by atoms with Crippen molar-refractivity contribution in [2.24, 2.45) is 0 Å². The minimum atomic E-state index is -3.33. The third kappa shape index (κ3) is 3.52. The van der Waals surface area contributed by atoms with Gasteiger partial charge in [-0.25, -0.2) is 8.42 Å². The average molecular weight is 258 g/mol. The first-order chi connectivity index (χ1) is 7.71. The fourth-order valence-corrected chi connectivity index (χ4v) is 1.84. The summed E-state index contributed by atoms with van der Waals surface area (Å²) in [5.74, 6) is 0.597. The number of sulfonamides is 1. The molecule has 0 heterocycles. The molecular weight excluding hydrogens is 240 g/mol.